The maximum Gasteiger partial charge on any atom is 0.243 e. The molecule has 0 saturated heterocycles. The lowest BCUT2D eigenvalue weighted by molar-refractivity contribution is -0.126. The standard InChI is InChI=1S/C23H19FN4O2/c1-3-10-27-20-14(2)6-4-9-17(20)23(22(27)30)12-19(29)26-21-18(23)13-25-28(21)16-8-5-7-15(24)11-16/h3-9,11,13H,1,10,12H2,2H3,(H,26,29)/t23-/m0/s1. The van der Waals surface area contributed by atoms with Gasteiger partial charge in [-0.3, -0.25) is 9.59 Å². The zero-order valence-corrected chi connectivity index (χ0v) is 16.4. The Bertz CT molecular complexity index is 1230. The summed E-state index contributed by atoms with van der Waals surface area (Å²) in [7, 11) is 0. The number of benzene rings is 2. The van der Waals surface area contributed by atoms with Gasteiger partial charge in [-0.15, -0.1) is 6.58 Å². The number of nitrogens with zero attached hydrogens (tertiary/aromatic N) is 3. The van der Waals surface area contributed by atoms with Crippen LogP contribution in [0.5, 0.6) is 0 Å². The van der Waals surface area contributed by atoms with E-state index in [1.165, 1.54) is 16.8 Å². The van der Waals surface area contributed by atoms with E-state index in [1.54, 1.807) is 29.3 Å². The normalized spacial score (nSPS) is 19.6. The van der Waals surface area contributed by atoms with Gasteiger partial charge in [0.1, 0.15) is 17.1 Å². The Morgan fingerprint density at radius 3 is 2.80 bits per heavy atom. The predicted octanol–water partition coefficient (Wildman–Crippen LogP) is 3.48. The van der Waals surface area contributed by atoms with Gasteiger partial charge in [-0.2, -0.15) is 5.10 Å². The molecule has 0 fully saturated rings. The first kappa shape index (κ1) is 18.3. The number of halogens is 1. The zero-order valence-electron chi connectivity index (χ0n) is 16.4. The summed E-state index contributed by atoms with van der Waals surface area (Å²) >= 11 is 0. The van der Waals surface area contributed by atoms with Gasteiger partial charge in [-0.05, 0) is 36.2 Å². The fourth-order valence-electron chi connectivity index (χ4n) is 4.64. The summed E-state index contributed by atoms with van der Waals surface area (Å²) in [4.78, 5) is 28.3. The first-order chi connectivity index (χ1) is 14.5. The number of aromatic nitrogens is 2. The molecule has 2 amide bonds. The zero-order chi connectivity index (χ0) is 21.0. The second kappa shape index (κ2) is 6.38. The van der Waals surface area contributed by atoms with Gasteiger partial charge in [0.2, 0.25) is 11.8 Å². The molecule has 5 rings (SSSR count). The lowest BCUT2D eigenvalue weighted by Crippen LogP contribution is -2.46. The van der Waals surface area contributed by atoms with Crippen LogP contribution in [0.3, 0.4) is 0 Å². The number of amides is 2. The SMILES string of the molecule is C=CCN1C(=O)[C@@]2(CC(=O)Nc3c2cnn3-c2cccc(F)c2)c2cccc(C)c21. The number of para-hydroxylation sites is 1. The van der Waals surface area contributed by atoms with Crippen molar-refractivity contribution in [3.63, 3.8) is 0 Å². The molecule has 0 aliphatic carbocycles. The third-order valence-electron chi connectivity index (χ3n) is 5.85. The van der Waals surface area contributed by atoms with E-state index in [0.717, 1.165) is 16.8 Å². The first-order valence-corrected chi connectivity index (χ1v) is 9.64. The lowest BCUT2D eigenvalue weighted by Gasteiger charge is -2.32. The second-order valence-electron chi connectivity index (χ2n) is 7.60. The van der Waals surface area contributed by atoms with Crippen LogP contribution in [0.2, 0.25) is 0 Å². The molecule has 3 heterocycles. The van der Waals surface area contributed by atoms with Gasteiger partial charge in [0.25, 0.3) is 0 Å². The van der Waals surface area contributed by atoms with Crippen molar-refractivity contribution in [1.82, 2.24) is 9.78 Å². The van der Waals surface area contributed by atoms with Crippen molar-refractivity contribution in [2.75, 3.05) is 16.8 Å². The number of carbonyl (C=O) groups excluding carboxylic acids is 2. The molecular formula is C23H19FN4O2. The summed E-state index contributed by atoms with van der Waals surface area (Å²) in [6.07, 6.45) is 3.26. The van der Waals surface area contributed by atoms with Crippen LogP contribution < -0.4 is 10.2 Å². The average Bonchev–Trinajstić information content (AvgIpc) is 3.23. The molecule has 6 nitrogen and oxygen atoms in total. The number of hydrogen-bond acceptors (Lipinski definition) is 3. The minimum atomic E-state index is -1.17. The Morgan fingerprint density at radius 1 is 1.23 bits per heavy atom. The molecule has 1 spiro atoms. The lowest BCUT2D eigenvalue weighted by atomic mass is 9.71. The van der Waals surface area contributed by atoms with Gasteiger partial charge in [-0.25, -0.2) is 9.07 Å². The Morgan fingerprint density at radius 2 is 2.03 bits per heavy atom. The highest BCUT2D eigenvalue weighted by molar-refractivity contribution is 6.16. The molecule has 1 aromatic heterocycles. The van der Waals surface area contributed by atoms with E-state index in [1.807, 2.05) is 25.1 Å². The van der Waals surface area contributed by atoms with Crippen LogP contribution in [0.4, 0.5) is 15.9 Å². The molecule has 7 heteroatoms. The first-order valence-electron chi connectivity index (χ1n) is 9.64. The van der Waals surface area contributed by atoms with E-state index in [0.29, 0.717) is 23.6 Å². The van der Waals surface area contributed by atoms with E-state index < -0.39 is 11.2 Å². The fourth-order valence-corrected chi connectivity index (χ4v) is 4.64. The van der Waals surface area contributed by atoms with Crippen LogP contribution in [0.15, 0.2) is 61.3 Å². The van der Waals surface area contributed by atoms with Crippen LogP contribution in [0.25, 0.3) is 5.69 Å². The van der Waals surface area contributed by atoms with E-state index in [9.17, 15) is 14.0 Å². The maximum atomic E-state index is 13.8. The van der Waals surface area contributed by atoms with Crippen LogP contribution in [-0.4, -0.2) is 28.1 Å². The quantitative estimate of drug-likeness (QED) is 0.682. The summed E-state index contributed by atoms with van der Waals surface area (Å²) in [5.74, 6) is -0.495. The summed E-state index contributed by atoms with van der Waals surface area (Å²) in [5.41, 5.74) is 2.44. The van der Waals surface area contributed by atoms with Crippen molar-refractivity contribution in [3.8, 4) is 5.69 Å². The van der Waals surface area contributed by atoms with Crippen molar-refractivity contribution in [3.05, 3.63) is 83.8 Å². The maximum absolute atomic E-state index is 13.8. The van der Waals surface area contributed by atoms with Crippen molar-refractivity contribution >= 4 is 23.3 Å². The highest BCUT2D eigenvalue weighted by Crippen LogP contribution is 2.53. The number of fused-ring (bicyclic) bond motifs is 4. The largest absolute Gasteiger partial charge is 0.310 e. The van der Waals surface area contributed by atoms with Crippen molar-refractivity contribution in [2.24, 2.45) is 0 Å². The molecule has 2 aliphatic rings. The monoisotopic (exact) mass is 402 g/mol. The van der Waals surface area contributed by atoms with Gasteiger partial charge in [0, 0.05) is 18.5 Å². The van der Waals surface area contributed by atoms with Crippen molar-refractivity contribution in [1.29, 1.82) is 0 Å². The summed E-state index contributed by atoms with van der Waals surface area (Å²) in [6.45, 7) is 6.07. The Labute approximate surface area is 172 Å². The van der Waals surface area contributed by atoms with Gasteiger partial charge in [0.05, 0.1) is 17.6 Å². The third-order valence-corrected chi connectivity index (χ3v) is 5.85. The Hall–Kier alpha value is -3.74. The van der Waals surface area contributed by atoms with E-state index in [4.69, 9.17) is 0 Å². The molecular weight excluding hydrogens is 383 g/mol. The van der Waals surface area contributed by atoms with Gasteiger partial charge in [-0.1, -0.05) is 30.3 Å². The number of nitrogens with one attached hydrogen (secondary N) is 1. The molecule has 2 aliphatic heterocycles. The molecule has 3 aromatic rings. The van der Waals surface area contributed by atoms with Crippen molar-refractivity contribution in [2.45, 2.75) is 18.8 Å². The summed E-state index contributed by atoms with van der Waals surface area (Å²) in [5, 5.41) is 7.25. The van der Waals surface area contributed by atoms with Crippen LogP contribution in [0.1, 0.15) is 23.1 Å². The Kier molecular flexibility index (Phi) is 3.89. The molecule has 0 unspecified atom stereocenters. The average molecular weight is 402 g/mol. The predicted molar refractivity (Wildman–Crippen MR) is 111 cm³/mol. The number of carbonyl (C=O) groups is 2. The van der Waals surface area contributed by atoms with E-state index in [-0.39, 0.29) is 18.2 Å². The highest BCUT2D eigenvalue weighted by Gasteiger charge is 2.57. The molecule has 1 atom stereocenters. The third kappa shape index (κ3) is 2.32. The molecule has 0 bridgehead atoms. The van der Waals surface area contributed by atoms with Crippen LogP contribution in [-0.2, 0) is 15.0 Å². The van der Waals surface area contributed by atoms with Gasteiger partial charge in [0.15, 0.2) is 0 Å². The molecule has 0 saturated carbocycles. The smallest absolute Gasteiger partial charge is 0.243 e. The molecule has 0 radical (unpaired) electrons. The van der Waals surface area contributed by atoms with Gasteiger partial charge < -0.3 is 10.2 Å². The minimum absolute atomic E-state index is 0.0161. The van der Waals surface area contributed by atoms with E-state index in [2.05, 4.69) is 17.0 Å². The highest BCUT2D eigenvalue weighted by atomic mass is 19.1. The van der Waals surface area contributed by atoms with E-state index >= 15 is 0 Å². The summed E-state index contributed by atoms with van der Waals surface area (Å²) < 4.78 is 15.3. The number of aryl methyl sites for hydroxylation is 1. The van der Waals surface area contributed by atoms with Gasteiger partial charge >= 0.3 is 0 Å². The van der Waals surface area contributed by atoms with Crippen molar-refractivity contribution < 1.29 is 14.0 Å². The second-order valence-corrected chi connectivity index (χ2v) is 7.60. The molecule has 150 valence electrons. The Balaban J connectivity index is 1.78. The van der Waals surface area contributed by atoms with Crippen LogP contribution in [0, 0.1) is 12.7 Å². The number of anilines is 2. The number of hydrogen-bond donors (Lipinski definition) is 1. The van der Waals surface area contributed by atoms with Crippen LogP contribution >= 0.6 is 0 Å². The summed E-state index contributed by atoms with van der Waals surface area (Å²) in [6, 6.07) is 11.7. The molecule has 30 heavy (non-hydrogen) atoms. The molecule has 1 N–H and O–H groups in total. The fraction of sp³-hybridized carbons (Fsp3) is 0.174. The minimum Gasteiger partial charge on any atom is -0.310 e. The molecule has 2 aromatic carbocycles. The topological polar surface area (TPSA) is 67.2 Å². The number of rotatable bonds is 3.